The van der Waals surface area contributed by atoms with Crippen LogP contribution in [0.4, 0.5) is 4.79 Å². The molecule has 112 valence electrons. The molecular formula is C13H22N4O3. The number of nitrogens with one attached hydrogen (secondary N) is 2. The molecule has 7 nitrogen and oxygen atoms in total. The minimum atomic E-state index is -0.941. The van der Waals surface area contributed by atoms with Crippen LogP contribution in [0.2, 0.25) is 0 Å². The highest BCUT2D eigenvalue weighted by Gasteiger charge is 2.52. The third-order valence-electron chi connectivity index (χ3n) is 3.99. The van der Waals surface area contributed by atoms with Crippen molar-refractivity contribution in [3.8, 4) is 0 Å². The van der Waals surface area contributed by atoms with Gasteiger partial charge < -0.3 is 16.0 Å². The Hall–Kier alpha value is -1.63. The van der Waals surface area contributed by atoms with E-state index in [0.29, 0.717) is 25.4 Å². The summed E-state index contributed by atoms with van der Waals surface area (Å²) in [5.41, 5.74) is 4.75. The lowest BCUT2D eigenvalue weighted by molar-refractivity contribution is -0.135. The van der Waals surface area contributed by atoms with E-state index in [2.05, 4.69) is 10.6 Å². The number of rotatable bonds is 4. The minimum Gasteiger partial charge on any atom is -0.339 e. The van der Waals surface area contributed by atoms with E-state index >= 15 is 0 Å². The molecule has 0 aromatic heterocycles. The second-order valence-corrected chi connectivity index (χ2v) is 6.06. The van der Waals surface area contributed by atoms with Crippen LogP contribution >= 0.6 is 0 Å². The summed E-state index contributed by atoms with van der Waals surface area (Å²) in [6, 6.07) is -0.484. The quantitative estimate of drug-likeness (QED) is 0.600. The second kappa shape index (κ2) is 5.40. The zero-order valence-corrected chi connectivity index (χ0v) is 11.9. The summed E-state index contributed by atoms with van der Waals surface area (Å²) in [6.07, 6.45) is 1.19. The van der Waals surface area contributed by atoms with Gasteiger partial charge >= 0.3 is 6.03 Å². The average Bonchev–Trinajstić information content (AvgIpc) is 2.91. The van der Waals surface area contributed by atoms with Gasteiger partial charge in [0.2, 0.25) is 5.91 Å². The van der Waals surface area contributed by atoms with E-state index in [1.54, 1.807) is 4.90 Å². The Morgan fingerprint density at radius 3 is 2.65 bits per heavy atom. The van der Waals surface area contributed by atoms with Gasteiger partial charge in [0.15, 0.2) is 0 Å². The molecule has 2 unspecified atom stereocenters. The summed E-state index contributed by atoms with van der Waals surface area (Å²) in [4.78, 5) is 37.2. The third kappa shape index (κ3) is 2.63. The first-order valence-electron chi connectivity index (χ1n) is 7.00. The molecule has 2 aliphatic heterocycles. The number of carbonyl (C=O) groups excluding carboxylic acids is 3. The van der Waals surface area contributed by atoms with Crippen LogP contribution in [0, 0.1) is 11.8 Å². The summed E-state index contributed by atoms with van der Waals surface area (Å²) in [5.74, 6) is -0.193. The van der Waals surface area contributed by atoms with Crippen LogP contribution < -0.4 is 16.4 Å². The molecule has 20 heavy (non-hydrogen) atoms. The van der Waals surface area contributed by atoms with Gasteiger partial charge in [0.05, 0.1) is 12.5 Å². The van der Waals surface area contributed by atoms with Gasteiger partial charge in [-0.1, -0.05) is 13.8 Å². The lowest BCUT2D eigenvalue weighted by Gasteiger charge is -2.25. The summed E-state index contributed by atoms with van der Waals surface area (Å²) in [5, 5.41) is 4.87. The Morgan fingerprint density at radius 2 is 2.15 bits per heavy atom. The van der Waals surface area contributed by atoms with Crippen LogP contribution in [0.5, 0.6) is 0 Å². The van der Waals surface area contributed by atoms with Gasteiger partial charge in [0.25, 0.3) is 5.91 Å². The number of hydrogen-bond acceptors (Lipinski definition) is 4. The fourth-order valence-corrected chi connectivity index (χ4v) is 2.94. The molecule has 7 heteroatoms. The molecule has 2 fully saturated rings. The van der Waals surface area contributed by atoms with Crippen molar-refractivity contribution in [1.82, 2.24) is 15.5 Å². The predicted octanol–water partition coefficient (Wildman–Crippen LogP) is -0.582. The lowest BCUT2D eigenvalue weighted by Crippen LogP contribution is -2.50. The molecule has 0 radical (unpaired) electrons. The fourth-order valence-electron chi connectivity index (χ4n) is 2.94. The number of urea groups is 1. The minimum absolute atomic E-state index is 0.0213. The van der Waals surface area contributed by atoms with Gasteiger partial charge in [0.1, 0.15) is 5.54 Å². The maximum Gasteiger partial charge on any atom is 0.322 e. The Morgan fingerprint density at radius 1 is 1.45 bits per heavy atom. The fraction of sp³-hybridized carbons (Fsp3) is 0.769. The monoisotopic (exact) mass is 282 g/mol. The van der Waals surface area contributed by atoms with E-state index in [1.807, 2.05) is 13.8 Å². The van der Waals surface area contributed by atoms with Crippen LogP contribution in [0.15, 0.2) is 0 Å². The molecule has 2 heterocycles. The van der Waals surface area contributed by atoms with E-state index in [0.717, 1.165) is 6.42 Å². The molecule has 0 bridgehead atoms. The first-order chi connectivity index (χ1) is 9.38. The van der Waals surface area contributed by atoms with Gasteiger partial charge in [-0.05, 0) is 18.8 Å². The van der Waals surface area contributed by atoms with Gasteiger partial charge in [-0.2, -0.15) is 0 Å². The number of carbonyl (C=O) groups is 3. The highest BCUT2D eigenvalue weighted by Crippen LogP contribution is 2.26. The largest absolute Gasteiger partial charge is 0.339 e. The number of likely N-dealkylation sites (tertiary alicyclic amines) is 1. The number of nitrogens with two attached hydrogens (primary N) is 1. The molecule has 2 rings (SSSR count). The van der Waals surface area contributed by atoms with Gasteiger partial charge in [-0.15, -0.1) is 0 Å². The summed E-state index contributed by atoms with van der Waals surface area (Å²) >= 11 is 0. The van der Waals surface area contributed by atoms with Gasteiger partial charge in [-0.25, -0.2) is 4.79 Å². The summed E-state index contributed by atoms with van der Waals surface area (Å²) in [6.45, 7) is 5.11. The van der Waals surface area contributed by atoms with Gasteiger partial charge in [-0.3, -0.25) is 14.9 Å². The molecule has 2 saturated heterocycles. The number of imide groups is 1. The van der Waals surface area contributed by atoms with Crippen molar-refractivity contribution in [2.24, 2.45) is 17.6 Å². The predicted molar refractivity (Wildman–Crippen MR) is 72.6 cm³/mol. The number of hydrogen-bond donors (Lipinski definition) is 3. The Bertz CT molecular complexity index is 437. The van der Waals surface area contributed by atoms with Crippen molar-refractivity contribution in [2.45, 2.75) is 32.2 Å². The van der Waals surface area contributed by atoms with E-state index in [1.165, 1.54) is 0 Å². The third-order valence-corrected chi connectivity index (χ3v) is 3.99. The average molecular weight is 282 g/mol. The Kier molecular flexibility index (Phi) is 3.99. The van der Waals surface area contributed by atoms with Crippen LogP contribution in [-0.4, -0.2) is 47.9 Å². The first kappa shape index (κ1) is 14.8. The second-order valence-electron chi connectivity index (χ2n) is 6.06. The van der Waals surface area contributed by atoms with Crippen LogP contribution in [0.25, 0.3) is 0 Å². The van der Waals surface area contributed by atoms with Crippen LogP contribution in [0.3, 0.4) is 0 Å². The van der Waals surface area contributed by atoms with E-state index in [9.17, 15) is 14.4 Å². The van der Waals surface area contributed by atoms with Crippen molar-refractivity contribution < 1.29 is 14.4 Å². The zero-order valence-electron chi connectivity index (χ0n) is 11.9. The van der Waals surface area contributed by atoms with E-state index in [4.69, 9.17) is 5.73 Å². The topological polar surface area (TPSA) is 105 Å². The summed E-state index contributed by atoms with van der Waals surface area (Å²) < 4.78 is 0. The normalized spacial score (nSPS) is 27.1. The van der Waals surface area contributed by atoms with Crippen molar-refractivity contribution in [2.75, 3.05) is 19.6 Å². The van der Waals surface area contributed by atoms with E-state index in [-0.39, 0.29) is 24.3 Å². The molecule has 2 atom stereocenters. The van der Waals surface area contributed by atoms with Crippen molar-refractivity contribution >= 4 is 17.8 Å². The zero-order chi connectivity index (χ0) is 14.9. The Labute approximate surface area is 118 Å². The molecule has 0 saturated carbocycles. The van der Waals surface area contributed by atoms with E-state index < -0.39 is 11.6 Å². The lowest BCUT2D eigenvalue weighted by atomic mass is 9.95. The van der Waals surface area contributed by atoms with Crippen molar-refractivity contribution in [3.05, 3.63) is 0 Å². The molecule has 1 spiro atoms. The number of nitrogens with zero attached hydrogens (tertiary/aromatic N) is 1. The van der Waals surface area contributed by atoms with Crippen molar-refractivity contribution in [3.63, 3.8) is 0 Å². The summed E-state index contributed by atoms with van der Waals surface area (Å²) in [7, 11) is 0. The molecular weight excluding hydrogens is 260 g/mol. The molecule has 4 N–H and O–H groups in total. The highest BCUT2D eigenvalue weighted by molar-refractivity contribution is 6.07. The first-order valence-corrected chi connectivity index (χ1v) is 7.00. The molecule has 4 amide bonds. The van der Waals surface area contributed by atoms with Gasteiger partial charge in [0, 0.05) is 13.1 Å². The maximum atomic E-state index is 12.4. The SMILES string of the molecule is CC(C)CC(CN)C(=O)N1CCC2(C1)NC(=O)NC2=O. The standard InChI is InChI=1S/C13H22N4O3/c1-8(2)5-9(6-14)10(18)17-4-3-13(7-17)11(19)15-12(20)16-13/h8-9H,3-7,14H2,1-2H3,(H2,15,16,19,20). The molecule has 2 aliphatic rings. The Balaban J connectivity index is 2.03. The molecule has 0 aliphatic carbocycles. The van der Waals surface area contributed by atoms with Crippen molar-refractivity contribution in [1.29, 1.82) is 0 Å². The molecule has 0 aromatic carbocycles. The highest BCUT2D eigenvalue weighted by atomic mass is 16.2. The number of amides is 4. The molecule has 0 aromatic rings. The van der Waals surface area contributed by atoms with Crippen LogP contribution in [-0.2, 0) is 9.59 Å². The van der Waals surface area contributed by atoms with Crippen LogP contribution in [0.1, 0.15) is 26.7 Å². The smallest absolute Gasteiger partial charge is 0.322 e. The maximum absolute atomic E-state index is 12.4.